The summed E-state index contributed by atoms with van der Waals surface area (Å²) in [4.78, 5) is 0. The van der Waals surface area contributed by atoms with Gasteiger partial charge in [-0.15, -0.1) is 0 Å². The van der Waals surface area contributed by atoms with Gasteiger partial charge in [-0.1, -0.05) is 0 Å². The molecule has 0 saturated heterocycles. The Hall–Kier alpha value is 0.490. The number of aromatic nitrogens is 1. The van der Waals surface area contributed by atoms with Crippen molar-refractivity contribution in [2.24, 2.45) is 0 Å². The van der Waals surface area contributed by atoms with Gasteiger partial charge in [0.15, 0.2) is 0 Å². The van der Waals surface area contributed by atoms with Gasteiger partial charge in [-0.05, 0) is 52.4 Å². The zero-order valence-electron chi connectivity index (χ0n) is 5.94. The zero-order chi connectivity index (χ0) is 7.72. The maximum atomic E-state index is 3.46. The summed E-state index contributed by atoms with van der Waals surface area (Å²) in [5, 5.41) is 0. The summed E-state index contributed by atoms with van der Waals surface area (Å²) in [5.74, 6) is 0. The summed E-state index contributed by atoms with van der Waals surface area (Å²) in [6.45, 7) is 4.34. The van der Waals surface area contributed by atoms with Crippen molar-refractivity contribution in [2.75, 3.05) is 0 Å². The largest absolute Gasteiger partial charge is 0.350 e. The molecule has 0 spiro atoms. The predicted octanol–water partition coefficient (Wildman–Crippen LogP) is 3.44. The lowest BCUT2D eigenvalue weighted by Crippen LogP contribution is -1.95. The van der Waals surface area contributed by atoms with Gasteiger partial charge in [0.2, 0.25) is 0 Å². The van der Waals surface area contributed by atoms with Gasteiger partial charge in [0, 0.05) is 26.5 Å². The minimum Gasteiger partial charge on any atom is -0.350 e. The molecule has 0 aliphatic heterocycles. The molecule has 1 aromatic rings. The number of rotatable bonds is 1. The van der Waals surface area contributed by atoms with Crippen LogP contribution < -0.4 is 0 Å². The summed E-state index contributed by atoms with van der Waals surface area (Å²) in [7, 11) is 0. The van der Waals surface area contributed by atoms with Crippen molar-refractivity contribution >= 4 is 38.5 Å². The van der Waals surface area contributed by atoms with Crippen LogP contribution >= 0.6 is 38.5 Å². The van der Waals surface area contributed by atoms with E-state index in [0.717, 1.165) is 0 Å². The first kappa shape index (κ1) is 8.59. The predicted molar refractivity (Wildman–Crippen MR) is 55.2 cm³/mol. The van der Waals surface area contributed by atoms with Crippen molar-refractivity contribution in [1.82, 2.24) is 4.57 Å². The normalized spacial score (nSPS) is 10.9. The molecule has 0 saturated carbocycles. The van der Waals surface area contributed by atoms with E-state index in [0.29, 0.717) is 6.04 Å². The van der Waals surface area contributed by atoms with Crippen LogP contribution in [0.2, 0.25) is 0 Å². The molecule has 0 fully saturated rings. The molecule has 0 atom stereocenters. The third-order valence-electron chi connectivity index (χ3n) is 1.35. The topological polar surface area (TPSA) is 4.93 Å². The van der Waals surface area contributed by atoms with Crippen LogP contribution in [0.5, 0.6) is 0 Å². The van der Waals surface area contributed by atoms with E-state index in [1.165, 1.54) is 8.04 Å². The van der Waals surface area contributed by atoms with Gasteiger partial charge in [0.1, 0.15) is 0 Å². The van der Waals surface area contributed by atoms with Gasteiger partial charge in [-0.2, -0.15) is 0 Å². The standard InChI is InChI=1S/C7H9BrIN/c1-5(2)10-3-6(8)7(9)4-10/h3-5H,1-2H3. The van der Waals surface area contributed by atoms with Crippen molar-refractivity contribution in [2.45, 2.75) is 19.9 Å². The molecule has 3 heteroatoms. The lowest BCUT2D eigenvalue weighted by atomic mass is 10.4. The fourth-order valence-electron chi connectivity index (χ4n) is 0.720. The Bertz CT molecular complexity index is 210. The van der Waals surface area contributed by atoms with Crippen LogP contribution in [0.15, 0.2) is 16.9 Å². The fourth-order valence-corrected chi connectivity index (χ4v) is 1.52. The molecule has 0 unspecified atom stereocenters. The summed E-state index contributed by atoms with van der Waals surface area (Å²) in [6.07, 6.45) is 4.24. The van der Waals surface area contributed by atoms with E-state index in [1.807, 2.05) is 0 Å². The number of halogens is 2. The minimum absolute atomic E-state index is 0.555. The van der Waals surface area contributed by atoms with Gasteiger partial charge in [0.05, 0.1) is 0 Å². The van der Waals surface area contributed by atoms with Crippen LogP contribution in [0, 0.1) is 3.57 Å². The van der Waals surface area contributed by atoms with E-state index < -0.39 is 0 Å². The number of nitrogens with zero attached hydrogens (tertiary/aromatic N) is 1. The fraction of sp³-hybridized carbons (Fsp3) is 0.429. The number of hydrogen-bond donors (Lipinski definition) is 0. The maximum Gasteiger partial charge on any atom is 0.0485 e. The van der Waals surface area contributed by atoms with E-state index in [9.17, 15) is 0 Å². The molecule has 0 bridgehead atoms. The third kappa shape index (κ3) is 1.75. The van der Waals surface area contributed by atoms with Crippen molar-refractivity contribution in [3.05, 3.63) is 20.4 Å². The Kier molecular flexibility index (Phi) is 2.80. The van der Waals surface area contributed by atoms with Gasteiger partial charge in [0.25, 0.3) is 0 Å². The Morgan fingerprint density at radius 1 is 1.50 bits per heavy atom. The molecule has 0 amide bonds. The summed E-state index contributed by atoms with van der Waals surface area (Å²) < 4.78 is 4.64. The summed E-state index contributed by atoms with van der Waals surface area (Å²) >= 11 is 5.77. The molecule has 0 aliphatic rings. The molecule has 1 heterocycles. The van der Waals surface area contributed by atoms with E-state index in [2.05, 4.69) is 69.3 Å². The van der Waals surface area contributed by atoms with Crippen molar-refractivity contribution in [3.8, 4) is 0 Å². The van der Waals surface area contributed by atoms with Crippen molar-refractivity contribution < 1.29 is 0 Å². The van der Waals surface area contributed by atoms with Crippen LogP contribution in [-0.2, 0) is 0 Å². The van der Waals surface area contributed by atoms with E-state index >= 15 is 0 Å². The second-order valence-corrected chi connectivity index (χ2v) is 4.51. The highest BCUT2D eigenvalue weighted by atomic mass is 127. The first-order valence-electron chi connectivity index (χ1n) is 3.13. The Labute approximate surface area is 83.1 Å². The Balaban J connectivity index is 2.98. The molecule has 56 valence electrons. The second-order valence-electron chi connectivity index (χ2n) is 2.50. The van der Waals surface area contributed by atoms with E-state index in [4.69, 9.17) is 0 Å². The SMILES string of the molecule is CC(C)n1cc(Br)c(I)c1. The molecular formula is C7H9BrIN. The lowest BCUT2D eigenvalue weighted by Gasteiger charge is -2.04. The van der Waals surface area contributed by atoms with Crippen LogP contribution in [0.1, 0.15) is 19.9 Å². The minimum atomic E-state index is 0.555. The average Bonchev–Trinajstić information content (AvgIpc) is 2.13. The van der Waals surface area contributed by atoms with Gasteiger partial charge >= 0.3 is 0 Å². The highest BCUT2D eigenvalue weighted by Crippen LogP contribution is 2.21. The molecule has 0 aromatic carbocycles. The van der Waals surface area contributed by atoms with Crippen LogP contribution in [-0.4, -0.2) is 4.57 Å². The Morgan fingerprint density at radius 3 is 2.30 bits per heavy atom. The van der Waals surface area contributed by atoms with Gasteiger partial charge < -0.3 is 4.57 Å². The highest BCUT2D eigenvalue weighted by Gasteiger charge is 2.01. The molecule has 0 N–H and O–H groups in total. The smallest absolute Gasteiger partial charge is 0.0485 e. The van der Waals surface area contributed by atoms with E-state index in [-0.39, 0.29) is 0 Å². The van der Waals surface area contributed by atoms with E-state index in [1.54, 1.807) is 0 Å². The lowest BCUT2D eigenvalue weighted by molar-refractivity contribution is 0.602. The molecule has 0 aliphatic carbocycles. The second kappa shape index (κ2) is 3.26. The first-order valence-corrected chi connectivity index (χ1v) is 5.01. The molecule has 0 radical (unpaired) electrons. The van der Waals surface area contributed by atoms with Crippen molar-refractivity contribution in [3.63, 3.8) is 0 Å². The van der Waals surface area contributed by atoms with Crippen molar-refractivity contribution in [1.29, 1.82) is 0 Å². The van der Waals surface area contributed by atoms with Crippen LogP contribution in [0.4, 0.5) is 0 Å². The summed E-state index contributed by atoms with van der Waals surface area (Å²) in [6, 6.07) is 0.555. The summed E-state index contributed by atoms with van der Waals surface area (Å²) in [5.41, 5.74) is 0. The quantitative estimate of drug-likeness (QED) is 0.700. The number of hydrogen-bond acceptors (Lipinski definition) is 0. The van der Waals surface area contributed by atoms with Crippen LogP contribution in [0.25, 0.3) is 0 Å². The molecule has 10 heavy (non-hydrogen) atoms. The van der Waals surface area contributed by atoms with Crippen LogP contribution in [0.3, 0.4) is 0 Å². The highest BCUT2D eigenvalue weighted by molar-refractivity contribution is 14.1. The maximum absolute atomic E-state index is 3.46. The first-order chi connectivity index (χ1) is 4.61. The Morgan fingerprint density at radius 2 is 2.10 bits per heavy atom. The molecule has 1 rings (SSSR count). The van der Waals surface area contributed by atoms with Gasteiger partial charge in [-0.3, -0.25) is 0 Å². The monoisotopic (exact) mass is 313 g/mol. The molecular weight excluding hydrogens is 305 g/mol. The van der Waals surface area contributed by atoms with Gasteiger partial charge in [-0.25, -0.2) is 0 Å². The average molecular weight is 314 g/mol. The molecule has 1 aromatic heterocycles. The third-order valence-corrected chi connectivity index (χ3v) is 3.58. The molecule has 1 nitrogen and oxygen atoms in total. The zero-order valence-corrected chi connectivity index (χ0v) is 9.68.